The largest absolute Gasteiger partial charge is 0.318 e. The molecule has 2 aromatic carbocycles. The van der Waals surface area contributed by atoms with Gasteiger partial charge in [0.1, 0.15) is 0 Å². The summed E-state index contributed by atoms with van der Waals surface area (Å²) in [6.45, 7) is 8.29. The molecule has 144 valence electrons. The molecule has 0 unspecified atom stereocenters. The molecule has 0 atom stereocenters. The Balaban J connectivity index is 1.63. The summed E-state index contributed by atoms with van der Waals surface area (Å²) in [6, 6.07) is 18.5. The van der Waals surface area contributed by atoms with Crippen molar-refractivity contribution in [1.82, 2.24) is 9.99 Å². The number of hydrazone groups is 1. The van der Waals surface area contributed by atoms with E-state index in [9.17, 15) is 4.79 Å². The van der Waals surface area contributed by atoms with Gasteiger partial charge in [0.25, 0.3) is 0 Å². The molecule has 0 aliphatic carbocycles. The van der Waals surface area contributed by atoms with Gasteiger partial charge in [-0.05, 0) is 57.5 Å². The number of thioether (sulfide) groups is 1. The van der Waals surface area contributed by atoms with Crippen LogP contribution in [0.5, 0.6) is 0 Å². The highest BCUT2D eigenvalue weighted by atomic mass is 32.2. The highest BCUT2D eigenvalue weighted by Crippen LogP contribution is 2.22. The van der Waals surface area contributed by atoms with Crippen LogP contribution in [0.3, 0.4) is 0 Å². The minimum atomic E-state index is -0.116. The molecule has 0 radical (unpaired) electrons. The van der Waals surface area contributed by atoms with Crippen molar-refractivity contribution in [1.29, 1.82) is 0 Å². The molecule has 1 aromatic heterocycles. The van der Waals surface area contributed by atoms with Gasteiger partial charge in [-0.1, -0.05) is 35.9 Å². The normalized spacial score (nSPS) is 11.1. The quantitative estimate of drug-likeness (QED) is 0.367. The lowest BCUT2D eigenvalue weighted by molar-refractivity contribution is -0.118. The van der Waals surface area contributed by atoms with E-state index >= 15 is 0 Å². The fourth-order valence-corrected chi connectivity index (χ4v) is 3.78. The van der Waals surface area contributed by atoms with Gasteiger partial charge < -0.3 is 4.57 Å². The van der Waals surface area contributed by atoms with Crippen LogP contribution in [0.15, 0.2) is 64.6 Å². The number of nitrogens with zero attached hydrogens (tertiary/aromatic N) is 2. The minimum absolute atomic E-state index is 0.116. The van der Waals surface area contributed by atoms with E-state index in [2.05, 4.69) is 54.1 Å². The first kappa shape index (κ1) is 20.0. The molecule has 0 aliphatic rings. The zero-order valence-corrected chi connectivity index (χ0v) is 17.5. The average Bonchev–Trinajstić information content (AvgIpc) is 2.95. The Morgan fingerprint density at radius 2 is 1.79 bits per heavy atom. The number of hydrogen-bond acceptors (Lipinski definition) is 3. The van der Waals surface area contributed by atoms with E-state index < -0.39 is 0 Å². The first-order valence-corrected chi connectivity index (χ1v) is 10.2. The zero-order valence-electron chi connectivity index (χ0n) is 16.7. The lowest BCUT2D eigenvalue weighted by atomic mass is 10.2. The Kier molecular flexibility index (Phi) is 6.37. The van der Waals surface area contributed by atoms with E-state index in [1.807, 2.05) is 43.3 Å². The van der Waals surface area contributed by atoms with Crippen molar-refractivity contribution >= 4 is 23.9 Å². The topological polar surface area (TPSA) is 46.4 Å². The second kappa shape index (κ2) is 8.93. The number of aryl methyl sites for hydroxylation is 3. The number of nitrogens with one attached hydrogen (secondary N) is 1. The van der Waals surface area contributed by atoms with Crippen LogP contribution >= 0.6 is 11.8 Å². The van der Waals surface area contributed by atoms with Crippen LogP contribution in [0.2, 0.25) is 0 Å². The zero-order chi connectivity index (χ0) is 20.1. The fourth-order valence-electron chi connectivity index (χ4n) is 3.09. The summed E-state index contributed by atoms with van der Waals surface area (Å²) in [5, 5.41) is 4.15. The van der Waals surface area contributed by atoms with Gasteiger partial charge in [-0.25, -0.2) is 5.43 Å². The average molecular weight is 392 g/mol. The van der Waals surface area contributed by atoms with Crippen molar-refractivity contribution in [3.05, 3.63) is 82.7 Å². The summed E-state index contributed by atoms with van der Waals surface area (Å²) in [5.41, 5.74) is 9.43. The van der Waals surface area contributed by atoms with Crippen molar-refractivity contribution in [2.24, 2.45) is 5.10 Å². The lowest BCUT2D eigenvalue weighted by Gasteiger charge is -2.12. The first-order valence-electron chi connectivity index (χ1n) is 9.22. The number of carbonyl (C=O) groups excluding carboxylic acids is 1. The summed E-state index contributed by atoms with van der Waals surface area (Å²) < 4.78 is 2.21. The van der Waals surface area contributed by atoms with Crippen LogP contribution < -0.4 is 5.43 Å². The molecule has 3 aromatic rings. The number of carbonyl (C=O) groups is 1. The Morgan fingerprint density at radius 3 is 2.50 bits per heavy atom. The van der Waals surface area contributed by atoms with E-state index in [0.717, 1.165) is 27.5 Å². The van der Waals surface area contributed by atoms with Gasteiger partial charge in [-0.3, -0.25) is 4.79 Å². The third kappa shape index (κ3) is 4.73. The predicted octanol–water partition coefficient (Wildman–Crippen LogP) is 4.95. The lowest BCUT2D eigenvalue weighted by Crippen LogP contribution is -2.19. The van der Waals surface area contributed by atoms with Crippen LogP contribution in [0, 0.1) is 27.7 Å². The molecule has 1 heterocycles. The predicted molar refractivity (Wildman–Crippen MR) is 118 cm³/mol. The Bertz CT molecular complexity index is 1000. The number of amides is 1. The Labute approximate surface area is 170 Å². The second-order valence-electron chi connectivity index (χ2n) is 6.84. The summed E-state index contributed by atoms with van der Waals surface area (Å²) in [6.07, 6.45) is 1.71. The van der Waals surface area contributed by atoms with Crippen molar-refractivity contribution in [3.63, 3.8) is 0 Å². The SMILES string of the molecule is Cc1ccc(SCC(=O)N/N=C\c2cc(C)n(-c3ccccc3C)c2C)cc1. The van der Waals surface area contributed by atoms with Crippen LogP contribution in [-0.2, 0) is 4.79 Å². The van der Waals surface area contributed by atoms with Crippen LogP contribution in [0.25, 0.3) is 5.69 Å². The highest BCUT2D eigenvalue weighted by Gasteiger charge is 2.11. The number of para-hydroxylation sites is 1. The molecule has 5 heteroatoms. The van der Waals surface area contributed by atoms with Gasteiger partial charge in [-0.2, -0.15) is 5.10 Å². The van der Waals surface area contributed by atoms with Gasteiger partial charge in [0.05, 0.1) is 12.0 Å². The fraction of sp³-hybridized carbons (Fsp3) is 0.217. The standard InChI is InChI=1S/C23H25N3OS/c1-16-9-11-21(12-10-16)28-15-23(27)25-24-14-20-13-18(3)26(19(20)4)22-8-6-5-7-17(22)2/h5-14H,15H2,1-4H3,(H,25,27)/b24-14-. The van der Waals surface area contributed by atoms with Gasteiger partial charge >= 0.3 is 0 Å². The Hall–Kier alpha value is -2.79. The summed E-state index contributed by atoms with van der Waals surface area (Å²) in [4.78, 5) is 13.1. The van der Waals surface area contributed by atoms with Crippen molar-refractivity contribution < 1.29 is 4.79 Å². The van der Waals surface area contributed by atoms with Gasteiger partial charge in [-0.15, -0.1) is 11.8 Å². The molecular weight excluding hydrogens is 366 g/mol. The van der Waals surface area contributed by atoms with Crippen molar-refractivity contribution in [2.45, 2.75) is 32.6 Å². The van der Waals surface area contributed by atoms with Gasteiger partial charge in [0.2, 0.25) is 5.91 Å². The number of hydrogen-bond donors (Lipinski definition) is 1. The molecule has 0 saturated carbocycles. The molecule has 1 N–H and O–H groups in total. The monoisotopic (exact) mass is 391 g/mol. The van der Waals surface area contributed by atoms with Crippen molar-refractivity contribution in [2.75, 3.05) is 5.75 Å². The van der Waals surface area contributed by atoms with E-state index in [1.165, 1.54) is 22.9 Å². The molecule has 28 heavy (non-hydrogen) atoms. The van der Waals surface area contributed by atoms with Crippen LogP contribution in [0.4, 0.5) is 0 Å². The third-order valence-electron chi connectivity index (χ3n) is 4.61. The Morgan fingerprint density at radius 1 is 1.07 bits per heavy atom. The maximum Gasteiger partial charge on any atom is 0.250 e. The summed E-state index contributed by atoms with van der Waals surface area (Å²) >= 11 is 1.50. The van der Waals surface area contributed by atoms with E-state index in [0.29, 0.717) is 5.75 Å². The van der Waals surface area contributed by atoms with Gasteiger partial charge in [0, 0.05) is 27.5 Å². The molecule has 0 saturated heterocycles. The minimum Gasteiger partial charge on any atom is -0.318 e. The van der Waals surface area contributed by atoms with Gasteiger partial charge in [0.15, 0.2) is 0 Å². The third-order valence-corrected chi connectivity index (χ3v) is 5.62. The first-order chi connectivity index (χ1) is 13.5. The molecule has 3 rings (SSSR count). The second-order valence-corrected chi connectivity index (χ2v) is 7.89. The van der Waals surface area contributed by atoms with E-state index in [4.69, 9.17) is 0 Å². The maximum atomic E-state index is 12.0. The van der Waals surface area contributed by atoms with E-state index in [1.54, 1.807) is 6.21 Å². The van der Waals surface area contributed by atoms with Crippen LogP contribution in [-0.4, -0.2) is 22.4 Å². The summed E-state index contributed by atoms with van der Waals surface area (Å²) in [5.74, 6) is 0.220. The summed E-state index contributed by atoms with van der Waals surface area (Å²) in [7, 11) is 0. The molecular formula is C23H25N3OS. The molecule has 1 amide bonds. The maximum absolute atomic E-state index is 12.0. The number of aromatic nitrogens is 1. The van der Waals surface area contributed by atoms with Crippen LogP contribution in [0.1, 0.15) is 28.1 Å². The number of rotatable bonds is 6. The molecule has 0 bridgehead atoms. The molecule has 0 fully saturated rings. The number of benzene rings is 2. The van der Waals surface area contributed by atoms with E-state index in [-0.39, 0.29) is 5.91 Å². The molecule has 0 aliphatic heterocycles. The highest BCUT2D eigenvalue weighted by molar-refractivity contribution is 8.00. The van der Waals surface area contributed by atoms with Crippen molar-refractivity contribution in [3.8, 4) is 5.69 Å². The smallest absolute Gasteiger partial charge is 0.250 e. The molecule has 0 spiro atoms. The molecule has 4 nitrogen and oxygen atoms in total.